The van der Waals surface area contributed by atoms with Gasteiger partial charge in [-0.3, -0.25) is 4.99 Å². The molecule has 0 aromatic heterocycles. The monoisotopic (exact) mass is 181 g/mol. The Morgan fingerprint density at radius 2 is 2.15 bits per heavy atom. The van der Waals surface area contributed by atoms with Gasteiger partial charge in [0, 0.05) is 12.0 Å². The zero-order valence-corrected chi connectivity index (χ0v) is 8.72. The van der Waals surface area contributed by atoms with Gasteiger partial charge in [-0.1, -0.05) is 20.8 Å². The zero-order valence-electron chi connectivity index (χ0n) is 8.72. The summed E-state index contributed by atoms with van der Waals surface area (Å²) >= 11 is 0. The zero-order chi connectivity index (χ0) is 9.69. The van der Waals surface area contributed by atoms with Crippen molar-refractivity contribution in [3.63, 3.8) is 0 Å². The smallest absolute Gasteiger partial charge is 0.117 e. The molecule has 3 N–H and O–H groups in total. The molecule has 2 bridgehead atoms. The molecule has 1 fully saturated rings. The summed E-state index contributed by atoms with van der Waals surface area (Å²) in [6.07, 6.45) is 2.51. The van der Waals surface area contributed by atoms with Gasteiger partial charge in [-0.15, -0.1) is 0 Å². The average Bonchev–Trinajstić information content (AvgIpc) is 2.24. The fourth-order valence-electron chi connectivity index (χ4n) is 2.92. The molecule has 3 nitrogen and oxygen atoms in total. The maximum atomic E-state index is 5.51. The number of nitrogens with two attached hydrogens (primary N) is 1. The van der Waals surface area contributed by atoms with Gasteiger partial charge in [-0.2, -0.15) is 0 Å². The molecule has 0 amide bonds. The molecule has 1 aliphatic heterocycles. The van der Waals surface area contributed by atoms with Gasteiger partial charge in [0.15, 0.2) is 0 Å². The van der Waals surface area contributed by atoms with Crippen LogP contribution in [0.5, 0.6) is 0 Å². The van der Waals surface area contributed by atoms with Gasteiger partial charge in [0.05, 0.1) is 0 Å². The van der Waals surface area contributed by atoms with Crippen LogP contribution >= 0.6 is 0 Å². The van der Waals surface area contributed by atoms with Crippen LogP contribution in [0.1, 0.15) is 33.6 Å². The molecule has 2 aliphatic rings. The van der Waals surface area contributed by atoms with E-state index in [9.17, 15) is 0 Å². The molecule has 0 saturated heterocycles. The van der Waals surface area contributed by atoms with Crippen LogP contribution < -0.4 is 11.3 Å². The van der Waals surface area contributed by atoms with E-state index in [1.807, 2.05) is 0 Å². The Labute approximate surface area is 79.8 Å². The van der Waals surface area contributed by atoms with Crippen LogP contribution in [0.15, 0.2) is 4.99 Å². The van der Waals surface area contributed by atoms with Gasteiger partial charge in [0.2, 0.25) is 0 Å². The van der Waals surface area contributed by atoms with E-state index in [4.69, 9.17) is 5.84 Å². The van der Waals surface area contributed by atoms with Gasteiger partial charge in [0.25, 0.3) is 0 Å². The minimum Gasteiger partial charge on any atom is -0.312 e. The third kappa shape index (κ3) is 0.909. The van der Waals surface area contributed by atoms with E-state index in [1.165, 1.54) is 12.8 Å². The average molecular weight is 181 g/mol. The fourth-order valence-corrected chi connectivity index (χ4v) is 2.92. The predicted octanol–water partition coefficient (Wildman–Crippen LogP) is 1.30. The van der Waals surface area contributed by atoms with Crippen LogP contribution in [-0.4, -0.2) is 12.4 Å². The first kappa shape index (κ1) is 9.00. The lowest BCUT2D eigenvalue weighted by molar-refractivity contribution is 0.140. The molecule has 13 heavy (non-hydrogen) atoms. The number of amidine groups is 1. The van der Waals surface area contributed by atoms with E-state index in [0.29, 0.717) is 5.41 Å². The summed E-state index contributed by atoms with van der Waals surface area (Å²) in [6.45, 7) is 7.92. The summed E-state index contributed by atoms with van der Waals surface area (Å²) in [5.74, 6) is 7.26. The number of hydrazine groups is 1. The Kier molecular flexibility index (Phi) is 1.71. The predicted molar refractivity (Wildman–Crippen MR) is 54.2 cm³/mol. The maximum absolute atomic E-state index is 5.51. The fraction of sp³-hybridized carbons (Fsp3) is 0.900. The first-order valence-corrected chi connectivity index (χ1v) is 5.04. The van der Waals surface area contributed by atoms with E-state index >= 15 is 0 Å². The molecule has 3 heteroatoms. The summed E-state index contributed by atoms with van der Waals surface area (Å²) in [7, 11) is 0. The number of aliphatic imine (C=N–C) groups is 1. The van der Waals surface area contributed by atoms with E-state index in [-0.39, 0.29) is 5.41 Å². The van der Waals surface area contributed by atoms with E-state index < -0.39 is 0 Å². The first-order valence-electron chi connectivity index (χ1n) is 5.04. The second-order valence-electron chi connectivity index (χ2n) is 5.12. The molecule has 1 heterocycles. The molecule has 0 aromatic carbocycles. The molecular weight excluding hydrogens is 162 g/mol. The molecule has 74 valence electrons. The van der Waals surface area contributed by atoms with Crippen LogP contribution in [0, 0.1) is 16.7 Å². The van der Waals surface area contributed by atoms with Crippen molar-refractivity contribution in [3.05, 3.63) is 0 Å². The standard InChI is InChI=1S/C10H19N3/c1-9(2)7-4-5-10(9,3)8(13-11)12-6-7/h7H,4-6,11H2,1-3H3,(H,12,13). The molecule has 2 atom stereocenters. The second-order valence-corrected chi connectivity index (χ2v) is 5.12. The third-order valence-electron chi connectivity index (χ3n) is 4.56. The lowest BCUT2D eigenvalue weighted by Gasteiger charge is -2.44. The highest BCUT2D eigenvalue weighted by Gasteiger charge is 2.56. The molecule has 0 radical (unpaired) electrons. The highest BCUT2D eigenvalue weighted by Crippen LogP contribution is 2.58. The number of hydrogen-bond donors (Lipinski definition) is 2. The summed E-state index contributed by atoms with van der Waals surface area (Å²) in [5, 5.41) is 0. The molecule has 0 spiro atoms. The minimum absolute atomic E-state index is 0.171. The summed E-state index contributed by atoms with van der Waals surface area (Å²) < 4.78 is 0. The number of nitrogens with zero attached hydrogens (tertiary/aromatic N) is 1. The van der Waals surface area contributed by atoms with Gasteiger partial charge in [-0.05, 0) is 24.2 Å². The minimum atomic E-state index is 0.171. The van der Waals surface area contributed by atoms with Crippen LogP contribution in [0.4, 0.5) is 0 Å². The van der Waals surface area contributed by atoms with E-state index in [0.717, 1.165) is 18.3 Å². The normalized spacial score (nSPS) is 41.5. The number of rotatable bonds is 0. The SMILES string of the molecule is CC12CCC(CN=C1NN)C2(C)C. The van der Waals surface area contributed by atoms with Crippen molar-refractivity contribution < 1.29 is 0 Å². The maximum Gasteiger partial charge on any atom is 0.117 e. The summed E-state index contributed by atoms with van der Waals surface area (Å²) in [5.41, 5.74) is 3.29. The Bertz CT molecular complexity index is 257. The largest absolute Gasteiger partial charge is 0.312 e. The van der Waals surface area contributed by atoms with Crippen molar-refractivity contribution in [2.45, 2.75) is 33.6 Å². The van der Waals surface area contributed by atoms with Crippen LogP contribution in [0.2, 0.25) is 0 Å². The molecular formula is C10H19N3. The van der Waals surface area contributed by atoms with Crippen molar-refractivity contribution in [3.8, 4) is 0 Å². The molecule has 2 rings (SSSR count). The van der Waals surface area contributed by atoms with Crippen molar-refractivity contribution in [1.82, 2.24) is 5.43 Å². The lowest BCUT2D eigenvalue weighted by atomic mass is 9.63. The highest BCUT2D eigenvalue weighted by molar-refractivity contribution is 5.89. The molecule has 1 saturated carbocycles. The number of hydrogen-bond acceptors (Lipinski definition) is 3. The molecule has 0 aromatic rings. The summed E-state index contributed by atoms with van der Waals surface area (Å²) in [6, 6.07) is 0. The lowest BCUT2D eigenvalue weighted by Crippen LogP contribution is -2.52. The second kappa shape index (κ2) is 2.47. The quantitative estimate of drug-likeness (QED) is 0.437. The number of nitrogens with one attached hydrogen (secondary N) is 1. The Hall–Kier alpha value is -0.570. The van der Waals surface area contributed by atoms with Crippen molar-refractivity contribution in [2.24, 2.45) is 27.6 Å². The summed E-state index contributed by atoms with van der Waals surface area (Å²) in [4.78, 5) is 4.52. The first-order chi connectivity index (χ1) is 6.02. The van der Waals surface area contributed by atoms with Gasteiger partial charge in [0.1, 0.15) is 5.84 Å². The van der Waals surface area contributed by atoms with Crippen LogP contribution in [0.25, 0.3) is 0 Å². The van der Waals surface area contributed by atoms with Crippen LogP contribution in [0.3, 0.4) is 0 Å². The van der Waals surface area contributed by atoms with Gasteiger partial charge < -0.3 is 5.43 Å². The Morgan fingerprint density at radius 1 is 1.46 bits per heavy atom. The van der Waals surface area contributed by atoms with Crippen molar-refractivity contribution in [1.29, 1.82) is 0 Å². The van der Waals surface area contributed by atoms with Crippen molar-refractivity contribution in [2.75, 3.05) is 6.54 Å². The Balaban J connectivity index is 2.44. The number of fused-ring (bicyclic) bond motifs is 2. The van der Waals surface area contributed by atoms with E-state index in [1.54, 1.807) is 0 Å². The molecule has 2 unspecified atom stereocenters. The topological polar surface area (TPSA) is 50.4 Å². The highest BCUT2D eigenvalue weighted by atomic mass is 15.3. The van der Waals surface area contributed by atoms with E-state index in [2.05, 4.69) is 31.2 Å². The Morgan fingerprint density at radius 3 is 2.77 bits per heavy atom. The van der Waals surface area contributed by atoms with Crippen molar-refractivity contribution >= 4 is 5.84 Å². The van der Waals surface area contributed by atoms with Gasteiger partial charge >= 0.3 is 0 Å². The van der Waals surface area contributed by atoms with Gasteiger partial charge in [-0.25, -0.2) is 5.84 Å². The third-order valence-corrected chi connectivity index (χ3v) is 4.56. The van der Waals surface area contributed by atoms with Crippen LogP contribution in [-0.2, 0) is 0 Å². The molecule has 1 aliphatic carbocycles.